The van der Waals surface area contributed by atoms with Crippen molar-refractivity contribution in [2.75, 3.05) is 18.4 Å². The molecule has 0 spiro atoms. The molecule has 1 saturated heterocycles. The van der Waals surface area contributed by atoms with E-state index in [2.05, 4.69) is 21.2 Å². The summed E-state index contributed by atoms with van der Waals surface area (Å²) in [5.41, 5.74) is 0.694. The summed E-state index contributed by atoms with van der Waals surface area (Å²) in [6.45, 7) is 2.67. The van der Waals surface area contributed by atoms with E-state index in [9.17, 15) is 14.7 Å². The number of hydrogen-bond acceptors (Lipinski definition) is 3. The van der Waals surface area contributed by atoms with Crippen molar-refractivity contribution in [1.29, 1.82) is 0 Å². The van der Waals surface area contributed by atoms with Crippen LogP contribution in [0.3, 0.4) is 0 Å². The van der Waals surface area contributed by atoms with Crippen molar-refractivity contribution in [3.05, 3.63) is 28.7 Å². The number of rotatable bonds is 4. The van der Waals surface area contributed by atoms with Gasteiger partial charge in [-0.1, -0.05) is 19.1 Å². The quantitative estimate of drug-likeness (QED) is 0.871. The molecule has 1 aromatic rings. The van der Waals surface area contributed by atoms with Gasteiger partial charge in [-0.25, -0.2) is 0 Å². The van der Waals surface area contributed by atoms with E-state index >= 15 is 0 Å². The highest BCUT2D eigenvalue weighted by atomic mass is 79.9. The van der Waals surface area contributed by atoms with Crippen molar-refractivity contribution in [2.24, 2.45) is 5.92 Å². The molecule has 0 radical (unpaired) electrons. The monoisotopic (exact) mass is 354 g/mol. The van der Waals surface area contributed by atoms with Crippen molar-refractivity contribution < 1.29 is 14.7 Å². The maximum atomic E-state index is 12.1. The van der Waals surface area contributed by atoms with Crippen LogP contribution in [-0.4, -0.2) is 41.0 Å². The summed E-state index contributed by atoms with van der Waals surface area (Å²) in [6.07, 6.45) is 1.81. The maximum absolute atomic E-state index is 12.1. The highest BCUT2D eigenvalue weighted by Crippen LogP contribution is 2.24. The molecule has 0 aromatic heterocycles. The topological polar surface area (TPSA) is 69.6 Å². The van der Waals surface area contributed by atoms with Gasteiger partial charge in [0.1, 0.15) is 6.04 Å². The minimum absolute atomic E-state index is 0.0625. The number of benzene rings is 1. The third kappa shape index (κ3) is 4.04. The van der Waals surface area contributed by atoms with Gasteiger partial charge in [0.05, 0.1) is 12.2 Å². The number of likely N-dealkylation sites (tertiary alicyclic amines) is 1. The second-order valence-electron chi connectivity index (χ2n) is 5.40. The lowest BCUT2D eigenvalue weighted by Gasteiger charge is -2.36. The standard InChI is InChI=1S/C15H19BrN2O3/c1-10-5-4-8-18(14(10)15(20)21)9-13(19)17-12-7-3-2-6-11(12)16/h2-3,6-7,10,14H,4-5,8-9H2,1H3,(H,17,19)(H,20,21). The van der Waals surface area contributed by atoms with E-state index in [1.54, 1.807) is 11.0 Å². The fourth-order valence-electron chi connectivity index (χ4n) is 2.79. The summed E-state index contributed by atoms with van der Waals surface area (Å²) in [6, 6.07) is 6.77. The van der Waals surface area contributed by atoms with Gasteiger partial charge in [0.2, 0.25) is 5.91 Å². The zero-order valence-electron chi connectivity index (χ0n) is 11.9. The number of carboxylic acid groups (broad SMARTS) is 1. The van der Waals surface area contributed by atoms with Crippen molar-refractivity contribution >= 4 is 33.5 Å². The highest BCUT2D eigenvalue weighted by molar-refractivity contribution is 9.10. The van der Waals surface area contributed by atoms with E-state index in [4.69, 9.17) is 0 Å². The van der Waals surface area contributed by atoms with Gasteiger partial charge in [0, 0.05) is 4.47 Å². The SMILES string of the molecule is CC1CCCN(CC(=O)Nc2ccccc2Br)C1C(=O)O. The number of anilines is 1. The molecular weight excluding hydrogens is 336 g/mol. The molecule has 6 heteroatoms. The molecule has 2 atom stereocenters. The molecule has 2 N–H and O–H groups in total. The highest BCUT2D eigenvalue weighted by Gasteiger charge is 2.35. The van der Waals surface area contributed by atoms with Crippen molar-refractivity contribution in [1.82, 2.24) is 4.90 Å². The summed E-state index contributed by atoms with van der Waals surface area (Å²) < 4.78 is 0.806. The van der Waals surface area contributed by atoms with Crippen LogP contribution in [0.5, 0.6) is 0 Å². The first-order chi connectivity index (χ1) is 9.99. The van der Waals surface area contributed by atoms with E-state index in [0.29, 0.717) is 12.2 Å². The number of piperidine rings is 1. The summed E-state index contributed by atoms with van der Waals surface area (Å²) in [5.74, 6) is -0.981. The van der Waals surface area contributed by atoms with Gasteiger partial charge in [0.25, 0.3) is 0 Å². The molecule has 1 fully saturated rings. The third-order valence-electron chi connectivity index (χ3n) is 3.78. The molecule has 114 valence electrons. The van der Waals surface area contributed by atoms with Crippen LogP contribution < -0.4 is 5.32 Å². The Kier molecular flexibility index (Phi) is 5.36. The minimum Gasteiger partial charge on any atom is -0.480 e. The Morgan fingerprint density at radius 1 is 1.43 bits per heavy atom. The maximum Gasteiger partial charge on any atom is 0.321 e. The van der Waals surface area contributed by atoms with E-state index < -0.39 is 12.0 Å². The Bertz CT molecular complexity index is 535. The van der Waals surface area contributed by atoms with Gasteiger partial charge in [-0.05, 0) is 53.4 Å². The predicted molar refractivity (Wildman–Crippen MR) is 84.2 cm³/mol. The van der Waals surface area contributed by atoms with Gasteiger partial charge in [-0.2, -0.15) is 0 Å². The minimum atomic E-state index is -0.851. The Morgan fingerprint density at radius 3 is 2.81 bits per heavy atom. The van der Waals surface area contributed by atoms with Gasteiger partial charge in [-0.15, -0.1) is 0 Å². The molecule has 0 aliphatic carbocycles. The van der Waals surface area contributed by atoms with Crippen molar-refractivity contribution in [3.63, 3.8) is 0 Å². The molecule has 1 aromatic carbocycles. The zero-order valence-corrected chi connectivity index (χ0v) is 13.5. The Morgan fingerprint density at radius 2 is 2.14 bits per heavy atom. The van der Waals surface area contributed by atoms with Crippen LogP contribution >= 0.6 is 15.9 Å². The second-order valence-corrected chi connectivity index (χ2v) is 6.26. The lowest BCUT2D eigenvalue weighted by molar-refractivity contribution is -0.147. The zero-order chi connectivity index (χ0) is 15.4. The number of hydrogen-bond donors (Lipinski definition) is 2. The average Bonchev–Trinajstić information content (AvgIpc) is 2.41. The Labute approximate surface area is 132 Å². The number of aliphatic carboxylic acids is 1. The van der Waals surface area contributed by atoms with Crippen LogP contribution in [0, 0.1) is 5.92 Å². The first-order valence-corrected chi connectivity index (χ1v) is 7.79. The molecule has 21 heavy (non-hydrogen) atoms. The van der Waals surface area contributed by atoms with Crippen LogP contribution in [0.2, 0.25) is 0 Å². The van der Waals surface area contributed by atoms with Crippen LogP contribution in [0.1, 0.15) is 19.8 Å². The molecule has 1 aliphatic heterocycles. The Hall–Kier alpha value is -1.40. The summed E-state index contributed by atoms with van der Waals surface area (Å²) in [4.78, 5) is 25.3. The lowest BCUT2D eigenvalue weighted by Crippen LogP contribution is -2.51. The molecule has 2 unspecified atom stereocenters. The number of carboxylic acids is 1. The van der Waals surface area contributed by atoms with Crippen LogP contribution in [0.25, 0.3) is 0 Å². The number of amides is 1. The van der Waals surface area contributed by atoms with Crippen LogP contribution in [0.15, 0.2) is 28.7 Å². The average molecular weight is 355 g/mol. The van der Waals surface area contributed by atoms with E-state index in [-0.39, 0.29) is 18.4 Å². The summed E-state index contributed by atoms with van der Waals surface area (Å²) in [7, 11) is 0. The number of para-hydroxylation sites is 1. The molecular formula is C15H19BrN2O3. The van der Waals surface area contributed by atoms with Crippen LogP contribution in [0.4, 0.5) is 5.69 Å². The predicted octanol–water partition coefficient (Wildman–Crippen LogP) is 2.57. The number of carbonyl (C=O) groups excluding carboxylic acids is 1. The van der Waals surface area contributed by atoms with E-state index in [1.807, 2.05) is 25.1 Å². The molecule has 0 bridgehead atoms. The fraction of sp³-hybridized carbons (Fsp3) is 0.467. The molecule has 1 heterocycles. The van der Waals surface area contributed by atoms with E-state index in [0.717, 1.165) is 17.3 Å². The molecule has 2 rings (SSSR count). The first-order valence-electron chi connectivity index (χ1n) is 7.00. The summed E-state index contributed by atoms with van der Waals surface area (Å²) >= 11 is 3.37. The van der Waals surface area contributed by atoms with Crippen molar-refractivity contribution in [3.8, 4) is 0 Å². The van der Waals surface area contributed by atoms with Gasteiger partial charge in [-0.3, -0.25) is 14.5 Å². The fourth-order valence-corrected chi connectivity index (χ4v) is 3.17. The normalized spacial score (nSPS) is 22.8. The van der Waals surface area contributed by atoms with Gasteiger partial charge in [0.15, 0.2) is 0 Å². The smallest absolute Gasteiger partial charge is 0.321 e. The second kappa shape index (κ2) is 7.04. The largest absolute Gasteiger partial charge is 0.480 e. The molecule has 5 nitrogen and oxygen atoms in total. The lowest BCUT2D eigenvalue weighted by atomic mass is 9.91. The number of nitrogens with zero attached hydrogens (tertiary/aromatic N) is 1. The third-order valence-corrected chi connectivity index (χ3v) is 4.48. The van der Waals surface area contributed by atoms with Gasteiger partial charge >= 0.3 is 5.97 Å². The van der Waals surface area contributed by atoms with Crippen molar-refractivity contribution in [2.45, 2.75) is 25.8 Å². The number of carbonyl (C=O) groups is 2. The van der Waals surface area contributed by atoms with Crippen LogP contribution in [-0.2, 0) is 9.59 Å². The van der Waals surface area contributed by atoms with Gasteiger partial charge < -0.3 is 10.4 Å². The molecule has 0 saturated carbocycles. The summed E-state index contributed by atoms with van der Waals surface area (Å²) in [5, 5.41) is 12.2. The first kappa shape index (κ1) is 16.0. The van der Waals surface area contributed by atoms with E-state index in [1.165, 1.54) is 0 Å². The number of halogens is 1. The molecule has 1 aliphatic rings. The number of nitrogens with one attached hydrogen (secondary N) is 1. The molecule has 1 amide bonds. The Balaban J connectivity index is 2.01.